The third kappa shape index (κ3) is 6.40. The van der Waals surface area contributed by atoms with Crippen LogP contribution in [0.25, 0.3) is 0 Å². The van der Waals surface area contributed by atoms with Gasteiger partial charge in [-0.15, -0.1) is 0 Å². The van der Waals surface area contributed by atoms with E-state index in [-0.39, 0.29) is 11.5 Å². The van der Waals surface area contributed by atoms with Crippen LogP contribution in [-0.4, -0.2) is 26.5 Å². The molecule has 5 heteroatoms. The first-order valence-electron chi connectivity index (χ1n) is 6.09. The number of anilines is 1. The molecule has 0 spiro atoms. The lowest BCUT2D eigenvalue weighted by molar-refractivity contribution is 0.574. The van der Waals surface area contributed by atoms with Crippen LogP contribution in [0.1, 0.15) is 20.3 Å². The zero-order valence-electron chi connectivity index (χ0n) is 10.8. The Morgan fingerprint density at radius 2 is 2.00 bits per heavy atom. The molecule has 0 aliphatic carbocycles. The van der Waals surface area contributed by atoms with Crippen molar-refractivity contribution in [1.29, 1.82) is 0 Å². The van der Waals surface area contributed by atoms with Crippen LogP contribution in [-0.2, 0) is 9.84 Å². The number of nitrogens with one attached hydrogen (secondary N) is 1. The molecule has 0 aliphatic rings. The molecular weight excluding hydrogens is 314 g/mol. The van der Waals surface area contributed by atoms with Crippen LogP contribution in [0.3, 0.4) is 0 Å². The molecule has 102 valence electrons. The van der Waals surface area contributed by atoms with E-state index in [1.54, 1.807) is 0 Å². The molecule has 0 radical (unpaired) electrons. The lowest BCUT2D eigenvalue weighted by Crippen LogP contribution is -2.19. The van der Waals surface area contributed by atoms with Crippen LogP contribution in [0.2, 0.25) is 0 Å². The number of hydrogen-bond acceptors (Lipinski definition) is 3. The summed E-state index contributed by atoms with van der Waals surface area (Å²) in [5.74, 6) is 0.898. The fourth-order valence-corrected chi connectivity index (χ4v) is 3.31. The Kier molecular flexibility index (Phi) is 6.15. The van der Waals surface area contributed by atoms with Crippen molar-refractivity contribution in [2.45, 2.75) is 20.3 Å². The lowest BCUT2D eigenvalue weighted by Gasteiger charge is -2.09. The Labute approximate surface area is 118 Å². The first kappa shape index (κ1) is 15.5. The monoisotopic (exact) mass is 333 g/mol. The highest BCUT2D eigenvalue weighted by molar-refractivity contribution is 9.10. The van der Waals surface area contributed by atoms with Crippen molar-refractivity contribution in [2.24, 2.45) is 5.92 Å². The molecule has 1 rings (SSSR count). The fourth-order valence-electron chi connectivity index (χ4n) is 1.47. The summed E-state index contributed by atoms with van der Waals surface area (Å²) in [7, 11) is -2.93. The Balaban J connectivity index is 2.37. The van der Waals surface area contributed by atoms with Crippen LogP contribution in [0, 0.1) is 5.92 Å². The molecule has 0 heterocycles. The summed E-state index contributed by atoms with van der Waals surface area (Å²) in [6, 6.07) is 7.70. The first-order chi connectivity index (χ1) is 8.39. The third-order valence-electron chi connectivity index (χ3n) is 2.57. The van der Waals surface area contributed by atoms with Crippen molar-refractivity contribution in [3.63, 3.8) is 0 Å². The van der Waals surface area contributed by atoms with Gasteiger partial charge in [-0.3, -0.25) is 0 Å². The van der Waals surface area contributed by atoms with Gasteiger partial charge in [0.05, 0.1) is 11.5 Å². The molecule has 0 aromatic heterocycles. The second-order valence-electron chi connectivity index (χ2n) is 4.77. The van der Waals surface area contributed by atoms with Crippen molar-refractivity contribution in [3.05, 3.63) is 28.7 Å². The number of rotatable bonds is 7. The summed E-state index contributed by atoms with van der Waals surface area (Å²) in [6.07, 6.45) is 0.735. The molecule has 3 nitrogen and oxygen atoms in total. The average molecular weight is 334 g/mol. The van der Waals surface area contributed by atoms with Crippen molar-refractivity contribution >= 4 is 31.5 Å². The minimum Gasteiger partial charge on any atom is -0.384 e. The van der Waals surface area contributed by atoms with Gasteiger partial charge in [-0.1, -0.05) is 35.8 Å². The minimum atomic E-state index is -2.93. The largest absolute Gasteiger partial charge is 0.384 e. The highest BCUT2D eigenvalue weighted by Crippen LogP contribution is 2.15. The normalized spacial score (nSPS) is 11.8. The number of benzene rings is 1. The number of sulfone groups is 1. The average Bonchev–Trinajstić information content (AvgIpc) is 2.26. The summed E-state index contributed by atoms with van der Waals surface area (Å²) >= 11 is 3.38. The van der Waals surface area contributed by atoms with Crippen LogP contribution < -0.4 is 5.32 Å². The van der Waals surface area contributed by atoms with Crippen LogP contribution in [0.4, 0.5) is 5.69 Å². The van der Waals surface area contributed by atoms with Gasteiger partial charge >= 0.3 is 0 Å². The van der Waals surface area contributed by atoms with Crippen molar-refractivity contribution in [3.8, 4) is 0 Å². The predicted molar refractivity (Wildman–Crippen MR) is 80.7 cm³/mol. The van der Waals surface area contributed by atoms with Gasteiger partial charge in [-0.2, -0.15) is 0 Å². The molecule has 1 N–H and O–H groups in total. The maximum absolute atomic E-state index is 11.7. The fraction of sp³-hybridized carbons (Fsp3) is 0.538. The summed E-state index contributed by atoms with van der Waals surface area (Å²) in [4.78, 5) is 0. The molecule has 0 amide bonds. The van der Waals surface area contributed by atoms with Crippen LogP contribution in [0.5, 0.6) is 0 Å². The summed E-state index contributed by atoms with van der Waals surface area (Å²) in [5, 5.41) is 3.12. The molecule has 0 saturated carbocycles. The van der Waals surface area contributed by atoms with E-state index in [0.29, 0.717) is 12.5 Å². The molecule has 1 aromatic carbocycles. The van der Waals surface area contributed by atoms with Crippen molar-refractivity contribution < 1.29 is 8.42 Å². The standard InChI is InChI=1S/C13H20BrNO2S/c1-11(2)6-8-18(16,17)9-7-15-13-5-3-4-12(14)10-13/h3-5,10-11,15H,6-9H2,1-2H3. The maximum Gasteiger partial charge on any atom is 0.152 e. The van der Waals surface area contributed by atoms with Gasteiger partial charge in [0.25, 0.3) is 0 Å². The Bertz CT molecular complexity index is 472. The maximum atomic E-state index is 11.7. The van der Waals surface area contributed by atoms with Gasteiger partial charge in [-0.25, -0.2) is 8.42 Å². The van der Waals surface area contributed by atoms with E-state index in [4.69, 9.17) is 0 Å². The smallest absolute Gasteiger partial charge is 0.152 e. The zero-order chi connectivity index (χ0) is 13.6. The van der Waals surface area contributed by atoms with Crippen molar-refractivity contribution in [2.75, 3.05) is 23.4 Å². The second-order valence-corrected chi connectivity index (χ2v) is 7.99. The van der Waals surface area contributed by atoms with Gasteiger partial charge in [0, 0.05) is 16.7 Å². The van der Waals surface area contributed by atoms with Gasteiger partial charge in [0.15, 0.2) is 9.84 Å². The summed E-state index contributed by atoms with van der Waals surface area (Å²) in [6.45, 7) is 4.53. The topological polar surface area (TPSA) is 46.2 Å². The van der Waals surface area contributed by atoms with Crippen molar-refractivity contribution in [1.82, 2.24) is 0 Å². The van der Waals surface area contributed by atoms with E-state index in [9.17, 15) is 8.42 Å². The predicted octanol–water partition coefficient (Wildman–Crippen LogP) is 3.32. The van der Waals surface area contributed by atoms with E-state index >= 15 is 0 Å². The van der Waals surface area contributed by atoms with Gasteiger partial charge in [0.1, 0.15) is 0 Å². The summed E-state index contributed by atoms with van der Waals surface area (Å²) < 4.78 is 24.5. The van der Waals surface area contributed by atoms with Gasteiger partial charge in [0.2, 0.25) is 0 Å². The lowest BCUT2D eigenvalue weighted by atomic mass is 10.2. The molecule has 0 aliphatic heterocycles. The van der Waals surface area contributed by atoms with Crippen LogP contribution >= 0.6 is 15.9 Å². The molecule has 1 aromatic rings. The highest BCUT2D eigenvalue weighted by Gasteiger charge is 2.11. The molecule has 0 fully saturated rings. The molecule has 0 unspecified atom stereocenters. The molecule has 0 saturated heterocycles. The van der Waals surface area contributed by atoms with Crippen LogP contribution in [0.15, 0.2) is 28.7 Å². The van der Waals surface area contributed by atoms with Gasteiger partial charge < -0.3 is 5.32 Å². The van der Waals surface area contributed by atoms with E-state index in [1.807, 2.05) is 38.1 Å². The van der Waals surface area contributed by atoms with Gasteiger partial charge in [-0.05, 0) is 30.5 Å². The number of hydrogen-bond donors (Lipinski definition) is 1. The van der Waals surface area contributed by atoms with E-state index in [0.717, 1.165) is 16.6 Å². The summed E-state index contributed by atoms with van der Waals surface area (Å²) in [5.41, 5.74) is 0.934. The Hall–Kier alpha value is -0.550. The Morgan fingerprint density at radius 1 is 1.28 bits per heavy atom. The minimum absolute atomic E-state index is 0.187. The quantitative estimate of drug-likeness (QED) is 0.832. The third-order valence-corrected chi connectivity index (χ3v) is 4.75. The van der Waals surface area contributed by atoms with E-state index in [2.05, 4.69) is 21.2 Å². The van der Waals surface area contributed by atoms with E-state index < -0.39 is 9.84 Å². The Morgan fingerprint density at radius 3 is 2.61 bits per heavy atom. The second kappa shape index (κ2) is 7.14. The SMILES string of the molecule is CC(C)CCS(=O)(=O)CCNc1cccc(Br)c1. The molecule has 18 heavy (non-hydrogen) atoms. The van der Waals surface area contributed by atoms with E-state index in [1.165, 1.54) is 0 Å². The molecule has 0 bridgehead atoms. The zero-order valence-corrected chi connectivity index (χ0v) is 13.2. The molecule has 0 atom stereocenters. The number of halogens is 1. The highest BCUT2D eigenvalue weighted by atomic mass is 79.9. The first-order valence-corrected chi connectivity index (χ1v) is 8.70. The molecular formula is C13H20BrNO2S.